The maximum atomic E-state index is 12.4. The molecule has 0 bridgehead atoms. The van der Waals surface area contributed by atoms with Gasteiger partial charge >= 0.3 is 6.03 Å². The SMILES string of the molecule is N#Cc1nccnc1OC1CCCN(C(=O)NC2CCCC2)C1. The quantitative estimate of drug-likeness (QED) is 0.919. The van der Waals surface area contributed by atoms with Crippen molar-refractivity contribution in [3.8, 4) is 11.9 Å². The Kier molecular flexibility index (Phi) is 4.91. The van der Waals surface area contributed by atoms with Crippen LogP contribution in [0.5, 0.6) is 5.88 Å². The lowest BCUT2D eigenvalue weighted by Gasteiger charge is -2.33. The summed E-state index contributed by atoms with van der Waals surface area (Å²) in [5.74, 6) is 0.248. The van der Waals surface area contributed by atoms with E-state index in [1.807, 2.05) is 6.07 Å². The maximum absolute atomic E-state index is 12.4. The van der Waals surface area contributed by atoms with Crippen LogP contribution >= 0.6 is 0 Å². The molecule has 7 nitrogen and oxygen atoms in total. The number of likely N-dealkylation sites (tertiary alicyclic amines) is 1. The summed E-state index contributed by atoms with van der Waals surface area (Å²) in [5, 5.41) is 12.1. The Morgan fingerprint density at radius 3 is 2.83 bits per heavy atom. The number of carbonyl (C=O) groups is 1. The molecule has 1 saturated carbocycles. The van der Waals surface area contributed by atoms with Crippen molar-refractivity contribution in [2.45, 2.75) is 50.7 Å². The number of nitriles is 1. The van der Waals surface area contributed by atoms with Crippen molar-refractivity contribution in [2.24, 2.45) is 0 Å². The molecule has 122 valence electrons. The molecule has 0 spiro atoms. The zero-order chi connectivity index (χ0) is 16.1. The van der Waals surface area contributed by atoms with Crippen molar-refractivity contribution in [2.75, 3.05) is 13.1 Å². The van der Waals surface area contributed by atoms with Crippen LogP contribution in [0.4, 0.5) is 4.79 Å². The van der Waals surface area contributed by atoms with Crippen molar-refractivity contribution >= 4 is 6.03 Å². The molecule has 1 aliphatic carbocycles. The summed E-state index contributed by atoms with van der Waals surface area (Å²) < 4.78 is 5.81. The molecule has 0 aromatic carbocycles. The normalized spacial score (nSPS) is 21.7. The van der Waals surface area contributed by atoms with E-state index >= 15 is 0 Å². The van der Waals surface area contributed by atoms with Crippen LogP contribution in [0.2, 0.25) is 0 Å². The summed E-state index contributed by atoms with van der Waals surface area (Å²) in [5.41, 5.74) is 0.181. The summed E-state index contributed by atoms with van der Waals surface area (Å²) in [6.07, 6.45) is 9.08. The summed E-state index contributed by atoms with van der Waals surface area (Å²) in [6.45, 7) is 1.25. The number of aromatic nitrogens is 2. The fourth-order valence-corrected chi connectivity index (χ4v) is 3.20. The highest BCUT2D eigenvalue weighted by molar-refractivity contribution is 5.74. The van der Waals surface area contributed by atoms with Crippen molar-refractivity contribution in [3.05, 3.63) is 18.1 Å². The second-order valence-corrected chi connectivity index (χ2v) is 6.08. The molecule has 1 unspecified atom stereocenters. The third-order valence-electron chi connectivity index (χ3n) is 4.40. The molecule has 1 aromatic heterocycles. The number of carbonyl (C=O) groups excluding carboxylic acids is 1. The lowest BCUT2D eigenvalue weighted by Crippen LogP contribution is -2.50. The van der Waals surface area contributed by atoms with Crippen LogP contribution in [0, 0.1) is 11.3 Å². The number of ether oxygens (including phenoxy) is 1. The van der Waals surface area contributed by atoms with E-state index in [-0.39, 0.29) is 23.7 Å². The number of piperidine rings is 1. The Morgan fingerprint density at radius 1 is 1.26 bits per heavy atom. The topological polar surface area (TPSA) is 91.1 Å². The lowest BCUT2D eigenvalue weighted by molar-refractivity contribution is 0.0961. The van der Waals surface area contributed by atoms with Crippen LogP contribution in [0.25, 0.3) is 0 Å². The minimum Gasteiger partial charge on any atom is -0.470 e. The Balaban J connectivity index is 1.57. The molecule has 2 aliphatic rings. The van der Waals surface area contributed by atoms with E-state index in [9.17, 15) is 4.79 Å². The first-order chi connectivity index (χ1) is 11.3. The van der Waals surface area contributed by atoms with Gasteiger partial charge in [-0.2, -0.15) is 5.26 Å². The number of urea groups is 1. The van der Waals surface area contributed by atoms with E-state index in [1.165, 1.54) is 25.2 Å². The third kappa shape index (κ3) is 3.89. The van der Waals surface area contributed by atoms with E-state index in [0.29, 0.717) is 12.6 Å². The van der Waals surface area contributed by atoms with Gasteiger partial charge in [-0.25, -0.2) is 14.8 Å². The molecule has 1 saturated heterocycles. The monoisotopic (exact) mass is 315 g/mol. The number of hydrogen-bond donors (Lipinski definition) is 1. The molecule has 7 heteroatoms. The first kappa shape index (κ1) is 15.5. The fourth-order valence-electron chi connectivity index (χ4n) is 3.20. The van der Waals surface area contributed by atoms with E-state index in [1.54, 1.807) is 4.90 Å². The minimum atomic E-state index is -0.151. The van der Waals surface area contributed by atoms with E-state index in [2.05, 4.69) is 15.3 Å². The molecule has 1 aromatic rings. The Bertz CT molecular complexity index is 594. The van der Waals surface area contributed by atoms with Crippen molar-refractivity contribution in [1.29, 1.82) is 5.26 Å². The summed E-state index contributed by atoms with van der Waals surface area (Å²) in [6, 6.07) is 2.28. The second-order valence-electron chi connectivity index (χ2n) is 6.08. The molecule has 3 rings (SSSR count). The molecule has 2 amide bonds. The lowest BCUT2D eigenvalue weighted by atomic mass is 10.1. The Hall–Kier alpha value is -2.36. The summed E-state index contributed by atoms with van der Waals surface area (Å²) >= 11 is 0. The highest BCUT2D eigenvalue weighted by Gasteiger charge is 2.27. The van der Waals surface area contributed by atoms with Crippen LogP contribution in [0.3, 0.4) is 0 Å². The van der Waals surface area contributed by atoms with Crippen molar-refractivity contribution in [1.82, 2.24) is 20.2 Å². The fraction of sp³-hybridized carbons (Fsp3) is 0.625. The van der Waals surface area contributed by atoms with Crippen molar-refractivity contribution in [3.63, 3.8) is 0 Å². The highest BCUT2D eigenvalue weighted by atomic mass is 16.5. The second kappa shape index (κ2) is 7.27. The van der Waals surface area contributed by atoms with Gasteiger partial charge < -0.3 is 15.0 Å². The largest absolute Gasteiger partial charge is 0.470 e. The first-order valence-corrected chi connectivity index (χ1v) is 8.19. The van der Waals surface area contributed by atoms with Gasteiger partial charge in [0.1, 0.15) is 12.2 Å². The van der Waals surface area contributed by atoms with Gasteiger partial charge in [-0.3, -0.25) is 0 Å². The third-order valence-corrected chi connectivity index (χ3v) is 4.40. The van der Waals surface area contributed by atoms with Crippen LogP contribution in [-0.4, -0.2) is 46.1 Å². The van der Waals surface area contributed by atoms with Gasteiger partial charge in [0.2, 0.25) is 5.69 Å². The Labute approximate surface area is 135 Å². The molecule has 1 atom stereocenters. The van der Waals surface area contributed by atoms with Gasteiger partial charge in [0.25, 0.3) is 5.88 Å². The van der Waals surface area contributed by atoms with E-state index in [0.717, 1.165) is 32.2 Å². The zero-order valence-corrected chi connectivity index (χ0v) is 13.1. The molecule has 23 heavy (non-hydrogen) atoms. The molecular formula is C16H21N5O2. The van der Waals surface area contributed by atoms with Gasteiger partial charge in [-0.05, 0) is 25.7 Å². The zero-order valence-electron chi connectivity index (χ0n) is 13.1. The summed E-state index contributed by atoms with van der Waals surface area (Å²) in [7, 11) is 0. The average molecular weight is 315 g/mol. The molecule has 2 fully saturated rings. The number of amides is 2. The number of hydrogen-bond acceptors (Lipinski definition) is 5. The molecule has 1 aliphatic heterocycles. The molecule has 0 radical (unpaired) electrons. The van der Waals surface area contributed by atoms with Gasteiger partial charge in [0.15, 0.2) is 0 Å². The first-order valence-electron chi connectivity index (χ1n) is 8.19. The predicted octanol–water partition coefficient (Wildman–Crippen LogP) is 1.84. The number of nitrogens with zero attached hydrogens (tertiary/aromatic N) is 4. The molecular weight excluding hydrogens is 294 g/mol. The smallest absolute Gasteiger partial charge is 0.317 e. The van der Waals surface area contributed by atoms with Gasteiger partial charge in [0, 0.05) is 25.0 Å². The van der Waals surface area contributed by atoms with Crippen LogP contribution in [0.15, 0.2) is 12.4 Å². The van der Waals surface area contributed by atoms with Crippen molar-refractivity contribution < 1.29 is 9.53 Å². The molecule has 2 heterocycles. The Morgan fingerprint density at radius 2 is 2.04 bits per heavy atom. The van der Waals surface area contributed by atoms with Gasteiger partial charge in [0.05, 0.1) is 6.54 Å². The number of nitrogens with one attached hydrogen (secondary N) is 1. The predicted molar refractivity (Wildman–Crippen MR) is 82.8 cm³/mol. The average Bonchev–Trinajstić information content (AvgIpc) is 3.08. The summed E-state index contributed by atoms with van der Waals surface area (Å²) in [4.78, 5) is 22.2. The maximum Gasteiger partial charge on any atom is 0.317 e. The highest BCUT2D eigenvalue weighted by Crippen LogP contribution is 2.20. The van der Waals surface area contributed by atoms with E-state index in [4.69, 9.17) is 10.00 Å². The van der Waals surface area contributed by atoms with Crippen LogP contribution < -0.4 is 10.1 Å². The van der Waals surface area contributed by atoms with Gasteiger partial charge in [-0.1, -0.05) is 12.8 Å². The molecule has 1 N–H and O–H groups in total. The van der Waals surface area contributed by atoms with Gasteiger partial charge in [-0.15, -0.1) is 0 Å². The van der Waals surface area contributed by atoms with Crippen LogP contribution in [-0.2, 0) is 0 Å². The minimum absolute atomic E-state index is 0.00940. The van der Waals surface area contributed by atoms with Crippen LogP contribution in [0.1, 0.15) is 44.2 Å². The standard InChI is InChI=1S/C16H21N5O2/c17-10-14-15(19-8-7-18-14)23-13-6-3-9-21(11-13)16(22)20-12-4-1-2-5-12/h7-8,12-13H,1-6,9,11H2,(H,20,22). The number of rotatable bonds is 3. The van der Waals surface area contributed by atoms with E-state index < -0.39 is 0 Å².